The summed E-state index contributed by atoms with van der Waals surface area (Å²) < 4.78 is 7.05. The van der Waals surface area contributed by atoms with Crippen LogP contribution in [0.2, 0.25) is 0 Å². The average Bonchev–Trinajstić information content (AvgIpc) is 3.14. The predicted molar refractivity (Wildman–Crippen MR) is 128 cm³/mol. The first-order valence-electron chi connectivity index (χ1n) is 10.9. The van der Waals surface area contributed by atoms with Crippen LogP contribution in [0.25, 0.3) is 31.3 Å². The highest BCUT2D eigenvalue weighted by molar-refractivity contribution is 7.22. The molecule has 4 rings (SSSR count). The monoisotopic (exact) mass is 402 g/mol. The second kappa shape index (κ2) is 9.45. The molecule has 0 bridgehead atoms. The first kappa shape index (κ1) is 20.0. The molecule has 0 unspecified atom stereocenters. The Hall–Kier alpha value is -2.32. The van der Waals surface area contributed by atoms with E-state index in [9.17, 15) is 0 Å². The number of unbranched alkanes of at least 4 members (excludes halogenated alkanes) is 5. The molecule has 3 aromatic carbocycles. The van der Waals surface area contributed by atoms with E-state index in [2.05, 4.69) is 67.6 Å². The molecule has 0 saturated carbocycles. The lowest BCUT2D eigenvalue weighted by atomic mass is 10.00. The van der Waals surface area contributed by atoms with Gasteiger partial charge in [-0.05, 0) is 52.9 Å². The van der Waals surface area contributed by atoms with E-state index in [1.807, 2.05) is 11.3 Å². The Morgan fingerprint density at radius 1 is 0.793 bits per heavy atom. The molecule has 0 N–H and O–H groups in total. The van der Waals surface area contributed by atoms with E-state index in [4.69, 9.17) is 4.74 Å². The van der Waals surface area contributed by atoms with Gasteiger partial charge >= 0.3 is 0 Å². The minimum atomic E-state index is 0.990. The molecule has 150 valence electrons. The van der Waals surface area contributed by atoms with Gasteiger partial charge in [0, 0.05) is 10.1 Å². The number of thiophene rings is 1. The van der Waals surface area contributed by atoms with Crippen LogP contribution >= 0.6 is 11.3 Å². The van der Waals surface area contributed by atoms with E-state index in [1.54, 1.807) is 7.11 Å². The quantitative estimate of drug-likeness (QED) is 0.255. The molecule has 0 fully saturated rings. The van der Waals surface area contributed by atoms with E-state index in [0.29, 0.717) is 0 Å². The van der Waals surface area contributed by atoms with Crippen LogP contribution in [0.1, 0.15) is 51.0 Å². The Morgan fingerprint density at radius 3 is 2.41 bits per heavy atom. The molecule has 0 radical (unpaired) electrons. The van der Waals surface area contributed by atoms with E-state index in [-0.39, 0.29) is 0 Å². The zero-order chi connectivity index (χ0) is 20.1. The van der Waals surface area contributed by atoms with Gasteiger partial charge in [0.15, 0.2) is 0 Å². The van der Waals surface area contributed by atoms with Crippen molar-refractivity contribution in [2.24, 2.45) is 0 Å². The Bertz CT molecular complexity index is 1090. The molecule has 0 aliphatic carbocycles. The Kier molecular flexibility index (Phi) is 6.51. The van der Waals surface area contributed by atoms with Gasteiger partial charge in [0.05, 0.1) is 12.0 Å². The molecule has 0 aliphatic heterocycles. The van der Waals surface area contributed by atoms with Gasteiger partial charge in [-0.3, -0.25) is 0 Å². The lowest BCUT2D eigenvalue weighted by Gasteiger charge is -2.07. The summed E-state index contributed by atoms with van der Waals surface area (Å²) in [5.41, 5.74) is 2.69. The van der Waals surface area contributed by atoms with Crippen molar-refractivity contribution < 1.29 is 4.74 Å². The molecule has 0 aliphatic rings. The van der Waals surface area contributed by atoms with Crippen molar-refractivity contribution in [2.45, 2.75) is 51.9 Å². The van der Waals surface area contributed by atoms with Gasteiger partial charge in [-0.2, -0.15) is 0 Å². The normalized spacial score (nSPS) is 11.4. The first-order chi connectivity index (χ1) is 14.3. The van der Waals surface area contributed by atoms with Crippen molar-refractivity contribution in [2.75, 3.05) is 7.11 Å². The molecule has 1 heterocycles. The number of ether oxygens (including phenoxy) is 1. The summed E-state index contributed by atoms with van der Waals surface area (Å²) in [7, 11) is 1.77. The smallest absolute Gasteiger partial charge is 0.145 e. The van der Waals surface area contributed by atoms with Gasteiger partial charge in [-0.1, -0.05) is 81.5 Å². The van der Waals surface area contributed by atoms with E-state index in [0.717, 1.165) is 5.75 Å². The molecule has 29 heavy (non-hydrogen) atoms. The van der Waals surface area contributed by atoms with Gasteiger partial charge in [0.25, 0.3) is 0 Å². The number of methoxy groups -OCH3 is 1. The van der Waals surface area contributed by atoms with Crippen molar-refractivity contribution in [1.82, 2.24) is 0 Å². The number of rotatable bonds is 9. The van der Waals surface area contributed by atoms with Crippen molar-refractivity contribution in [3.8, 4) is 16.2 Å². The van der Waals surface area contributed by atoms with Crippen LogP contribution in [0.5, 0.6) is 5.75 Å². The van der Waals surface area contributed by atoms with Gasteiger partial charge in [-0.25, -0.2) is 0 Å². The third-order valence-electron chi connectivity index (χ3n) is 5.74. The van der Waals surface area contributed by atoms with Gasteiger partial charge in [0.2, 0.25) is 0 Å². The fraction of sp³-hybridized carbons (Fsp3) is 0.333. The standard InChI is InChI=1S/C27H30OS/c1-3-4-5-6-7-8-11-20-14-15-22-19-23(17-16-21(22)18-20)27-26(28-2)24-12-9-10-13-25(24)29-27/h9-10,12-19H,3-8,11H2,1-2H3. The number of benzene rings is 3. The van der Waals surface area contributed by atoms with Crippen LogP contribution < -0.4 is 4.74 Å². The number of hydrogen-bond donors (Lipinski definition) is 0. The molecule has 4 aromatic rings. The molecule has 2 heteroatoms. The van der Waals surface area contributed by atoms with E-state index >= 15 is 0 Å². The lowest BCUT2D eigenvalue weighted by Crippen LogP contribution is -1.88. The maximum atomic E-state index is 5.77. The second-order valence-corrected chi connectivity index (χ2v) is 8.93. The number of hydrogen-bond acceptors (Lipinski definition) is 2. The average molecular weight is 403 g/mol. The Labute approximate surface area is 178 Å². The topological polar surface area (TPSA) is 9.23 Å². The van der Waals surface area contributed by atoms with E-state index < -0.39 is 0 Å². The third-order valence-corrected chi connectivity index (χ3v) is 6.94. The second-order valence-electron chi connectivity index (χ2n) is 7.87. The third kappa shape index (κ3) is 4.48. The summed E-state index contributed by atoms with van der Waals surface area (Å²) in [4.78, 5) is 1.21. The largest absolute Gasteiger partial charge is 0.495 e. The predicted octanol–water partition coefficient (Wildman–Crippen LogP) is 8.63. The van der Waals surface area contributed by atoms with E-state index in [1.165, 1.54) is 81.8 Å². The van der Waals surface area contributed by atoms with Crippen LogP contribution in [0.4, 0.5) is 0 Å². The van der Waals surface area contributed by atoms with Crippen LogP contribution in [0.3, 0.4) is 0 Å². The Balaban J connectivity index is 1.53. The van der Waals surface area contributed by atoms with Crippen LogP contribution in [-0.4, -0.2) is 7.11 Å². The highest BCUT2D eigenvalue weighted by Crippen LogP contribution is 2.44. The molecule has 0 amide bonds. The van der Waals surface area contributed by atoms with Crippen LogP contribution in [-0.2, 0) is 6.42 Å². The highest BCUT2D eigenvalue weighted by atomic mass is 32.1. The minimum absolute atomic E-state index is 0.990. The summed E-state index contributed by atoms with van der Waals surface area (Å²) >= 11 is 1.81. The van der Waals surface area contributed by atoms with Gasteiger partial charge in [0.1, 0.15) is 5.75 Å². The SMILES string of the molecule is CCCCCCCCc1ccc2cc(-c3sc4ccccc4c3OC)ccc2c1. The zero-order valence-electron chi connectivity index (χ0n) is 17.5. The molecular weight excluding hydrogens is 372 g/mol. The fourth-order valence-corrected chi connectivity index (χ4v) is 5.28. The Morgan fingerprint density at radius 2 is 1.55 bits per heavy atom. The molecule has 1 aromatic heterocycles. The van der Waals surface area contributed by atoms with Crippen LogP contribution in [0.15, 0.2) is 60.7 Å². The summed E-state index contributed by atoms with van der Waals surface area (Å²) in [5, 5.41) is 3.83. The van der Waals surface area contributed by atoms with Gasteiger partial charge in [-0.15, -0.1) is 11.3 Å². The van der Waals surface area contributed by atoms with Gasteiger partial charge < -0.3 is 4.74 Å². The van der Waals surface area contributed by atoms with Crippen molar-refractivity contribution in [3.63, 3.8) is 0 Å². The van der Waals surface area contributed by atoms with Crippen LogP contribution in [0, 0.1) is 0 Å². The lowest BCUT2D eigenvalue weighted by molar-refractivity contribution is 0.423. The summed E-state index contributed by atoms with van der Waals surface area (Å²) in [6.07, 6.45) is 9.30. The highest BCUT2D eigenvalue weighted by Gasteiger charge is 2.14. The number of aryl methyl sites for hydroxylation is 1. The zero-order valence-corrected chi connectivity index (χ0v) is 18.4. The first-order valence-corrected chi connectivity index (χ1v) is 11.7. The molecule has 1 nitrogen and oxygen atoms in total. The fourth-order valence-electron chi connectivity index (χ4n) is 4.12. The van der Waals surface area contributed by atoms with Crippen molar-refractivity contribution >= 4 is 32.2 Å². The molecule has 0 spiro atoms. The summed E-state index contributed by atoms with van der Waals surface area (Å²) in [5.74, 6) is 0.990. The van der Waals surface area contributed by atoms with Crippen molar-refractivity contribution in [3.05, 3.63) is 66.2 Å². The number of fused-ring (bicyclic) bond motifs is 2. The minimum Gasteiger partial charge on any atom is -0.495 e. The maximum absolute atomic E-state index is 5.77. The summed E-state index contributed by atoms with van der Waals surface area (Å²) in [6.45, 7) is 2.28. The summed E-state index contributed by atoms with van der Waals surface area (Å²) in [6, 6.07) is 22.2. The molecule has 0 atom stereocenters. The maximum Gasteiger partial charge on any atom is 0.145 e. The molecule has 0 saturated heterocycles. The molecular formula is C27H30OS. The van der Waals surface area contributed by atoms with Crippen molar-refractivity contribution in [1.29, 1.82) is 0 Å².